The Hall–Kier alpha value is -2.33. The number of para-hydroxylation sites is 1. The van der Waals surface area contributed by atoms with Crippen molar-refractivity contribution in [3.05, 3.63) is 71.9 Å². The first-order chi connectivity index (χ1) is 9.81. The Labute approximate surface area is 118 Å². The zero-order valence-electron chi connectivity index (χ0n) is 11.6. The van der Waals surface area contributed by atoms with E-state index in [4.69, 9.17) is 4.42 Å². The van der Waals surface area contributed by atoms with Crippen molar-refractivity contribution in [2.45, 2.75) is 13.0 Å². The largest absolute Gasteiger partial charge is 0.467 e. The third kappa shape index (κ3) is 2.14. The molecule has 4 heteroatoms. The summed E-state index contributed by atoms with van der Waals surface area (Å²) in [7, 11) is 1.93. The van der Waals surface area contributed by atoms with E-state index in [2.05, 4.69) is 10.4 Å². The fraction of sp³-hybridized carbons (Fsp3) is 0.188. The smallest absolute Gasteiger partial charge is 0.129 e. The van der Waals surface area contributed by atoms with E-state index in [1.165, 1.54) is 0 Å². The Morgan fingerprint density at radius 1 is 1.15 bits per heavy atom. The average molecular weight is 267 g/mol. The summed E-state index contributed by atoms with van der Waals surface area (Å²) in [6, 6.07) is 14.1. The highest BCUT2D eigenvalue weighted by Crippen LogP contribution is 2.26. The minimum absolute atomic E-state index is 0.0206. The average Bonchev–Trinajstić information content (AvgIpc) is 3.11. The zero-order valence-corrected chi connectivity index (χ0v) is 11.6. The Bertz CT molecular complexity index is 685. The molecule has 0 saturated heterocycles. The lowest BCUT2D eigenvalue weighted by Crippen LogP contribution is -2.21. The second kappa shape index (κ2) is 5.35. The van der Waals surface area contributed by atoms with Gasteiger partial charge in [0.1, 0.15) is 11.8 Å². The molecule has 20 heavy (non-hydrogen) atoms. The summed E-state index contributed by atoms with van der Waals surface area (Å²) in [5, 5.41) is 7.73. The molecular weight excluding hydrogens is 250 g/mol. The summed E-state index contributed by atoms with van der Waals surface area (Å²) in [4.78, 5) is 0. The first-order valence-electron chi connectivity index (χ1n) is 6.62. The molecule has 0 fully saturated rings. The van der Waals surface area contributed by atoms with E-state index in [0.29, 0.717) is 0 Å². The third-order valence-corrected chi connectivity index (χ3v) is 3.42. The van der Waals surface area contributed by atoms with Crippen molar-refractivity contribution in [1.29, 1.82) is 0 Å². The molecule has 0 bridgehead atoms. The summed E-state index contributed by atoms with van der Waals surface area (Å²) < 4.78 is 7.56. The Balaban J connectivity index is 2.07. The molecule has 0 aliphatic rings. The predicted molar refractivity (Wildman–Crippen MR) is 77.9 cm³/mol. The van der Waals surface area contributed by atoms with Gasteiger partial charge in [-0.2, -0.15) is 5.10 Å². The molecule has 1 unspecified atom stereocenters. The van der Waals surface area contributed by atoms with Crippen LogP contribution in [-0.4, -0.2) is 16.8 Å². The minimum atomic E-state index is -0.0206. The molecule has 1 atom stereocenters. The summed E-state index contributed by atoms with van der Waals surface area (Å²) in [5.41, 5.74) is 3.22. The van der Waals surface area contributed by atoms with Gasteiger partial charge in [0.15, 0.2) is 0 Å². The van der Waals surface area contributed by atoms with Crippen LogP contribution in [-0.2, 0) is 0 Å². The fourth-order valence-electron chi connectivity index (χ4n) is 2.41. The van der Waals surface area contributed by atoms with Gasteiger partial charge in [0.2, 0.25) is 0 Å². The van der Waals surface area contributed by atoms with Crippen LogP contribution in [0.4, 0.5) is 0 Å². The second-order valence-corrected chi connectivity index (χ2v) is 4.69. The monoisotopic (exact) mass is 267 g/mol. The van der Waals surface area contributed by atoms with Crippen LogP contribution in [0.25, 0.3) is 5.69 Å². The molecule has 4 nitrogen and oxygen atoms in total. The summed E-state index contributed by atoms with van der Waals surface area (Å²) in [6.45, 7) is 2.05. The van der Waals surface area contributed by atoms with Crippen LogP contribution in [0.2, 0.25) is 0 Å². The molecule has 0 aliphatic heterocycles. The topological polar surface area (TPSA) is 43.0 Å². The normalized spacial score (nSPS) is 12.5. The van der Waals surface area contributed by atoms with Crippen LogP contribution in [0.1, 0.15) is 23.1 Å². The van der Waals surface area contributed by atoms with Crippen molar-refractivity contribution in [3.63, 3.8) is 0 Å². The highest BCUT2D eigenvalue weighted by molar-refractivity contribution is 5.35. The molecule has 0 aliphatic carbocycles. The number of benzene rings is 1. The summed E-state index contributed by atoms with van der Waals surface area (Å²) in [5.74, 6) is 0.921. The van der Waals surface area contributed by atoms with Crippen molar-refractivity contribution in [2.24, 2.45) is 0 Å². The van der Waals surface area contributed by atoms with Crippen LogP contribution in [0.5, 0.6) is 0 Å². The van der Waals surface area contributed by atoms with Crippen molar-refractivity contribution in [2.75, 3.05) is 7.05 Å². The van der Waals surface area contributed by atoms with Crippen LogP contribution in [0, 0.1) is 6.92 Å². The van der Waals surface area contributed by atoms with Gasteiger partial charge in [0, 0.05) is 6.20 Å². The molecule has 3 rings (SSSR count). The molecule has 0 spiro atoms. The molecule has 0 saturated carbocycles. The number of hydrogen-bond donors (Lipinski definition) is 1. The quantitative estimate of drug-likeness (QED) is 0.790. The maximum Gasteiger partial charge on any atom is 0.129 e. The number of nitrogens with zero attached hydrogens (tertiary/aromatic N) is 2. The number of hydrogen-bond acceptors (Lipinski definition) is 3. The van der Waals surface area contributed by atoms with Crippen LogP contribution >= 0.6 is 0 Å². The number of rotatable bonds is 4. The van der Waals surface area contributed by atoms with Crippen molar-refractivity contribution in [1.82, 2.24) is 15.1 Å². The van der Waals surface area contributed by atoms with E-state index in [-0.39, 0.29) is 6.04 Å². The Morgan fingerprint density at radius 2 is 1.95 bits per heavy atom. The van der Waals surface area contributed by atoms with Gasteiger partial charge in [0.25, 0.3) is 0 Å². The van der Waals surface area contributed by atoms with E-state index < -0.39 is 0 Å². The summed E-state index contributed by atoms with van der Waals surface area (Å²) in [6.07, 6.45) is 3.53. The van der Waals surface area contributed by atoms with E-state index in [1.807, 2.05) is 67.3 Å². The molecule has 2 aromatic heterocycles. The molecule has 102 valence electrons. The highest BCUT2D eigenvalue weighted by Gasteiger charge is 2.21. The SMILES string of the molecule is CNC(c1occc1C)c1ccnn1-c1ccccc1. The van der Waals surface area contributed by atoms with Crippen LogP contribution in [0.15, 0.2) is 59.3 Å². The van der Waals surface area contributed by atoms with Gasteiger partial charge < -0.3 is 9.73 Å². The van der Waals surface area contributed by atoms with E-state index in [1.54, 1.807) is 6.26 Å². The van der Waals surface area contributed by atoms with Gasteiger partial charge in [-0.15, -0.1) is 0 Å². The molecule has 3 aromatic rings. The molecule has 1 aromatic carbocycles. The maximum atomic E-state index is 5.63. The van der Waals surface area contributed by atoms with Gasteiger partial charge in [0.05, 0.1) is 17.6 Å². The molecule has 0 amide bonds. The van der Waals surface area contributed by atoms with E-state index >= 15 is 0 Å². The standard InChI is InChI=1S/C16H17N3O/c1-12-9-11-20-16(12)15(17-2)14-8-10-18-19(14)13-6-4-3-5-7-13/h3-11,15,17H,1-2H3. The lowest BCUT2D eigenvalue weighted by molar-refractivity contribution is 0.451. The predicted octanol–water partition coefficient (Wildman–Crippen LogP) is 3.08. The number of nitrogens with one attached hydrogen (secondary N) is 1. The van der Waals surface area contributed by atoms with Gasteiger partial charge >= 0.3 is 0 Å². The van der Waals surface area contributed by atoms with Gasteiger partial charge in [-0.25, -0.2) is 4.68 Å². The number of aromatic nitrogens is 2. The summed E-state index contributed by atoms with van der Waals surface area (Å²) >= 11 is 0. The lowest BCUT2D eigenvalue weighted by Gasteiger charge is -2.17. The lowest BCUT2D eigenvalue weighted by atomic mass is 10.1. The van der Waals surface area contributed by atoms with Crippen molar-refractivity contribution in [3.8, 4) is 5.69 Å². The van der Waals surface area contributed by atoms with Crippen molar-refractivity contribution >= 4 is 0 Å². The number of furan rings is 1. The zero-order chi connectivity index (χ0) is 13.9. The first kappa shape index (κ1) is 12.7. The molecule has 1 N–H and O–H groups in total. The van der Waals surface area contributed by atoms with Crippen LogP contribution < -0.4 is 5.32 Å². The third-order valence-electron chi connectivity index (χ3n) is 3.42. The Morgan fingerprint density at radius 3 is 2.60 bits per heavy atom. The second-order valence-electron chi connectivity index (χ2n) is 4.69. The van der Waals surface area contributed by atoms with Crippen molar-refractivity contribution < 1.29 is 4.42 Å². The molecule has 2 heterocycles. The molecule has 0 radical (unpaired) electrons. The maximum absolute atomic E-state index is 5.63. The van der Waals surface area contributed by atoms with Gasteiger partial charge in [-0.1, -0.05) is 18.2 Å². The van der Waals surface area contributed by atoms with E-state index in [9.17, 15) is 0 Å². The van der Waals surface area contributed by atoms with E-state index in [0.717, 1.165) is 22.7 Å². The minimum Gasteiger partial charge on any atom is -0.467 e. The first-order valence-corrected chi connectivity index (χ1v) is 6.62. The number of aryl methyl sites for hydroxylation is 1. The van der Waals surface area contributed by atoms with Gasteiger partial charge in [-0.05, 0) is 43.8 Å². The Kier molecular flexibility index (Phi) is 3.39. The molecular formula is C16H17N3O. The van der Waals surface area contributed by atoms with Crippen LogP contribution in [0.3, 0.4) is 0 Å². The fourth-order valence-corrected chi connectivity index (χ4v) is 2.41. The highest BCUT2D eigenvalue weighted by atomic mass is 16.3. The van der Waals surface area contributed by atoms with Gasteiger partial charge in [-0.3, -0.25) is 0 Å².